The molecular formula is C21H22FN3O5S. The van der Waals surface area contributed by atoms with Gasteiger partial charge in [0.2, 0.25) is 15.7 Å². The van der Waals surface area contributed by atoms with Crippen molar-refractivity contribution in [1.29, 1.82) is 0 Å². The van der Waals surface area contributed by atoms with Gasteiger partial charge in [0.05, 0.1) is 23.3 Å². The van der Waals surface area contributed by atoms with Gasteiger partial charge < -0.3 is 14.8 Å². The molecule has 1 amide bonds. The Bertz CT molecular complexity index is 1270. The van der Waals surface area contributed by atoms with Gasteiger partial charge in [0.1, 0.15) is 17.4 Å². The number of halogens is 1. The molecule has 2 aromatic heterocycles. The normalized spacial score (nSPS) is 19.2. The number of nitrogens with zero attached hydrogens (tertiary/aromatic N) is 2. The zero-order chi connectivity index (χ0) is 22.5. The van der Waals surface area contributed by atoms with Crippen molar-refractivity contribution in [1.82, 2.24) is 10.3 Å². The molecule has 3 heterocycles. The minimum absolute atomic E-state index is 0.0731. The summed E-state index contributed by atoms with van der Waals surface area (Å²) in [7, 11) is -2.19. The molecule has 2 N–H and O–H groups in total. The molecule has 0 spiro atoms. The van der Waals surface area contributed by atoms with E-state index >= 15 is 0 Å². The van der Waals surface area contributed by atoms with Crippen LogP contribution in [0, 0.1) is 5.82 Å². The topological polar surface area (TPSA) is 113 Å². The summed E-state index contributed by atoms with van der Waals surface area (Å²) in [6, 6.07) is 7.13. The minimum atomic E-state index is -3.66. The molecule has 4 rings (SSSR count). The second-order valence-electron chi connectivity index (χ2n) is 7.63. The van der Waals surface area contributed by atoms with Crippen LogP contribution in [0.4, 0.5) is 10.2 Å². The van der Waals surface area contributed by atoms with Gasteiger partial charge in [-0.3, -0.25) is 9.10 Å². The van der Waals surface area contributed by atoms with Crippen LogP contribution in [-0.2, 0) is 10.0 Å². The van der Waals surface area contributed by atoms with E-state index in [0.717, 1.165) is 10.6 Å². The van der Waals surface area contributed by atoms with Gasteiger partial charge in [0.15, 0.2) is 0 Å². The van der Waals surface area contributed by atoms with Gasteiger partial charge in [-0.25, -0.2) is 12.8 Å². The number of carbonyl (C=O) groups excluding carboxylic acids is 1. The number of aliphatic hydroxyl groups excluding tert-OH is 1. The molecule has 0 aliphatic carbocycles. The predicted molar refractivity (Wildman–Crippen MR) is 114 cm³/mol. The molecule has 0 fully saturated rings. The first kappa shape index (κ1) is 21.3. The highest BCUT2D eigenvalue weighted by atomic mass is 32.2. The monoisotopic (exact) mass is 447 g/mol. The summed E-state index contributed by atoms with van der Waals surface area (Å²) in [5.41, 5.74) is 1.26. The second kappa shape index (κ2) is 7.61. The summed E-state index contributed by atoms with van der Waals surface area (Å²) in [4.78, 5) is 17.2. The lowest BCUT2D eigenvalue weighted by atomic mass is 9.94. The summed E-state index contributed by atoms with van der Waals surface area (Å²) in [6.45, 7) is 1.85. The number of aromatic nitrogens is 1. The summed E-state index contributed by atoms with van der Waals surface area (Å²) in [6.07, 6.45) is 0.541. The summed E-state index contributed by atoms with van der Waals surface area (Å²) in [5.74, 6) is -0.914. The standard InChI is InChI=1S/C21H22FN3O5S/c1-11-14-10-15-17(20(27)23-2)18(12-4-6-13(22)7-5-12)30-21(15)24-19(14)25(31(3,28)29)9-8-16(11)26/h4-7,10-11,16,26H,8-9H2,1-3H3,(H,23,27). The molecule has 164 valence electrons. The third kappa shape index (κ3) is 3.66. The van der Waals surface area contributed by atoms with Gasteiger partial charge in [0, 0.05) is 30.6 Å². The molecule has 0 saturated carbocycles. The highest BCUT2D eigenvalue weighted by Crippen LogP contribution is 2.40. The second-order valence-corrected chi connectivity index (χ2v) is 9.53. The minimum Gasteiger partial charge on any atom is -0.437 e. The van der Waals surface area contributed by atoms with E-state index in [1.807, 2.05) is 0 Å². The molecule has 1 aromatic carbocycles. The third-order valence-corrected chi connectivity index (χ3v) is 6.74. The Kier molecular flexibility index (Phi) is 5.22. The van der Waals surface area contributed by atoms with E-state index in [-0.39, 0.29) is 35.8 Å². The Morgan fingerprint density at radius 1 is 1.32 bits per heavy atom. The zero-order valence-corrected chi connectivity index (χ0v) is 18.0. The molecule has 1 aliphatic rings. The SMILES string of the molecule is CNC(=O)c1c(-c2ccc(F)cc2)oc2nc3c(cc12)C(C)C(O)CCN3S(C)(=O)=O. The van der Waals surface area contributed by atoms with Crippen LogP contribution in [0.25, 0.3) is 22.4 Å². The van der Waals surface area contributed by atoms with Crippen LogP contribution in [-0.4, -0.2) is 50.4 Å². The first-order valence-corrected chi connectivity index (χ1v) is 11.6. The molecule has 10 heteroatoms. The summed E-state index contributed by atoms with van der Waals surface area (Å²) >= 11 is 0. The van der Waals surface area contributed by atoms with Crippen LogP contribution < -0.4 is 9.62 Å². The Morgan fingerprint density at radius 3 is 2.61 bits per heavy atom. The molecule has 2 unspecified atom stereocenters. The number of pyridine rings is 1. The number of anilines is 1. The number of sulfonamides is 1. The Balaban J connectivity index is 2.04. The highest BCUT2D eigenvalue weighted by molar-refractivity contribution is 7.92. The van der Waals surface area contributed by atoms with Gasteiger partial charge in [-0.1, -0.05) is 6.92 Å². The number of aliphatic hydroxyl groups is 1. The van der Waals surface area contributed by atoms with Crippen LogP contribution in [0.2, 0.25) is 0 Å². The lowest BCUT2D eigenvalue weighted by Gasteiger charge is -2.21. The van der Waals surface area contributed by atoms with Gasteiger partial charge >= 0.3 is 0 Å². The maximum absolute atomic E-state index is 13.4. The lowest BCUT2D eigenvalue weighted by Crippen LogP contribution is -2.32. The number of nitrogens with one attached hydrogen (secondary N) is 1. The highest BCUT2D eigenvalue weighted by Gasteiger charge is 2.34. The molecule has 0 radical (unpaired) electrons. The van der Waals surface area contributed by atoms with E-state index in [0.29, 0.717) is 16.5 Å². The van der Waals surface area contributed by atoms with Crippen LogP contribution in [0.1, 0.15) is 35.2 Å². The van der Waals surface area contributed by atoms with Crippen molar-refractivity contribution in [3.8, 4) is 11.3 Å². The number of amides is 1. The summed E-state index contributed by atoms with van der Waals surface area (Å²) < 4.78 is 45.3. The van der Waals surface area contributed by atoms with Crippen molar-refractivity contribution in [3.05, 3.63) is 47.3 Å². The van der Waals surface area contributed by atoms with Crippen LogP contribution >= 0.6 is 0 Å². The Labute approximate surface area is 178 Å². The average molecular weight is 447 g/mol. The Morgan fingerprint density at radius 2 is 2.00 bits per heavy atom. The van der Waals surface area contributed by atoms with E-state index < -0.39 is 33.8 Å². The Hall–Kier alpha value is -2.98. The van der Waals surface area contributed by atoms with Gasteiger partial charge in [-0.05, 0) is 36.8 Å². The number of furan rings is 1. The molecule has 8 nitrogen and oxygen atoms in total. The van der Waals surface area contributed by atoms with Crippen LogP contribution in [0.3, 0.4) is 0 Å². The number of hydrogen-bond acceptors (Lipinski definition) is 6. The van der Waals surface area contributed by atoms with Crippen molar-refractivity contribution in [2.24, 2.45) is 0 Å². The molecule has 0 bridgehead atoms. The van der Waals surface area contributed by atoms with E-state index in [1.165, 1.54) is 31.3 Å². The average Bonchev–Trinajstić information content (AvgIpc) is 3.04. The smallest absolute Gasteiger partial charge is 0.255 e. The lowest BCUT2D eigenvalue weighted by molar-refractivity contribution is 0.0964. The fraction of sp³-hybridized carbons (Fsp3) is 0.333. The summed E-state index contributed by atoms with van der Waals surface area (Å²) in [5, 5.41) is 13.5. The van der Waals surface area contributed by atoms with Gasteiger partial charge in [0.25, 0.3) is 5.91 Å². The molecule has 1 aliphatic heterocycles. The third-order valence-electron chi connectivity index (χ3n) is 5.58. The van der Waals surface area contributed by atoms with E-state index in [1.54, 1.807) is 13.0 Å². The largest absolute Gasteiger partial charge is 0.437 e. The van der Waals surface area contributed by atoms with Crippen LogP contribution in [0.5, 0.6) is 0 Å². The number of benzene rings is 1. The molecule has 31 heavy (non-hydrogen) atoms. The first-order valence-electron chi connectivity index (χ1n) is 9.73. The van der Waals surface area contributed by atoms with Crippen molar-refractivity contribution in [3.63, 3.8) is 0 Å². The maximum atomic E-state index is 13.4. The van der Waals surface area contributed by atoms with Crippen molar-refractivity contribution in [2.45, 2.75) is 25.4 Å². The fourth-order valence-corrected chi connectivity index (χ4v) is 4.75. The van der Waals surface area contributed by atoms with Gasteiger partial charge in [-0.2, -0.15) is 4.98 Å². The number of rotatable bonds is 3. The number of fused-ring (bicyclic) bond motifs is 2. The van der Waals surface area contributed by atoms with E-state index in [2.05, 4.69) is 10.3 Å². The zero-order valence-electron chi connectivity index (χ0n) is 17.2. The fourth-order valence-electron chi connectivity index (χ4n) is 3.86. The van der Waals surface area contributed by atoms with Crippen LogP contribution in [0.15, 0.2) is 34.7 Å². The molecular weight excluding hydrogens is 425 g/mol. The van der Waals surface area contributed by atoms with E-state index in [4.69, 9.17) is 4.42 Å². The molecule has 2 atom stereocenters. The molecule has 3 aromatic rings. The molecule has 0 saturated heterocycles. The van der Waals surface area contributed by atoms with Crippen molar-refractivity contribution < 1.29 is 27.1 Å². The maximum Gasteiger partial charge on any atom is 0.255 e. The van der Waals surface area contributed by atoms with Crippen molar-refractivity contribution in [2.75, 3.05) is 24.2 Å². The van der Waals surface area contributed by atoms with E-state index in [9.17, 15) is 22.7 Å². The van der Waals surface area contributed by atoms with Gasteiger partial charge in [-0.15, -0.1) is 0 Å². The number of hydrogen-bond donors (Lipinski definition) is 2. The number of carbonyl (C=O) groups is 1. The first-order chi connectivity index (χ1) is 14.6. The quantitative estimate of drug-likeness (QED) is 0.638. The predicted octanol–water partition coefficient (Wildman–Crippen LogP) is 2.63. The van der Waals surface area contributed by atoms with Crippen molar-refractivity contribution >= 4 is 32.8 Å².